The molecule has 1 N–H and O–H groups in total. The molecule has 0 aliphatic heterocycles. The molecule has 1 saturated carbocycles. The Hall–Kier alpha value is -0.680. The number of aromatic nitrogens is 2. The summed E-state index contributed by atoms with van der Waals surface area (Å²) in [6.07, 6.45) is 3.44. The van der Waals surface area contributed by atoms with Crippen LogP contribution in [-0.2, 0) is 6.42 Å². The molecule has 5 heteroatoms. The van der Waals surface area contributed by atoms with Gasteiger partial charge in [-0.05, 0) is 48.8 Å². The summed E-state index contributed by atoms with van der Waals surface area (Å²) in [6, 6.07) is 0. The van der Waals surface area contributed by atoms with Gasteiger partial charge in [-0.2, -0.15) is 0 Å². The summed E-state index contributed by atoms with van der Waals surface area (Å²) in [5, 5.41) is 3.34. The average molecular weight is 341 g/mol. The Labute approximate surface area is 130 Å². The van der Waals surface area contributed by atoms with E-state index in [4.69, 9.17) is 4.98 Å². The number of hydrogen-bond donors (Lipinski definition) is 1. The maximum Gasteiger partial charge on any atom is 0.144 e. The Bertz CT molecular complexity index is 442. The largest absolute Gasteiger partial charge is 0.369 e. The van der Waals surface area contributed by atoms with Crippen molar-refractivity contribution in [1.82, 2.24) is 14.9 Å². The standard InChI is InChI=1S/C15H25BrN4/c1-4-17-15-13(16)14(11-7-8-11)18-12(19-15)9-10-20(5-2)6-3/h11H,4-10H2,1-3H3,(H,17,18,19). The van der Waals surface area contributed by atoms with Gasteiger partial charge in [-0.3, -0.25) is 0 Å². The summed E-state index contributed by atoms with van der Waals surface area (Å²) in [6.45, 7) is 10.6. The highest BCUT2D eigenvalue weighted by Gasteiger charge is 2.29. The van der Waals surface area contributed by atoms with Crippen molar-refractivity contribution in [3.8, 4) is 0 Å². The first-order valence-corrected chi connectivity index (χ1v) is 8.51. The number of likely N-dealkylation sites (N-methyl/N-ethyl adjacent to an activating group) is 1. The smallest absolute Gasteiger partial charge is 0.144 e. The molecule has 0 amide bonds. The van der Waals surface area contributed by atoms with Crippen molar-refractivity contribution < 1.29 is 0 Å². The van der Waals surface area contributed by atoms with Gasteiger partial charge in [-0.15, -0.1) is 0 Å². The molecule has 1 aliphatic carbocycles. The van der Waals surface area contributed by atoms with Gasteiger partial charge in [0.1, 0.15) is 11.6 Å². The van der Waals surface area contributed by atoms with Crippen molar-refractivity contribution >= 4 is 21.7 Å². The summed E-state index contributed by atoms with van der Waals surface area (Å²) in [5.41, 5.74) is 1.20. The van der Waals surface area contributed by atoms with Gasteiger partial charge >= 0.3 is 0 Å². The summed E-state index contributed by atoms with van der Waals surface area (Å²) in [4.78, 5) is 11.9. The first-order chi connectivity index (χ1) is 9.69. The van der Waals surface area contributed by atoms with Gasteiger partial charge in [0.05, 0.1) is 10.2 Å². The molecular weight excluding hydrogens is 316 g/mol. The molecule has 1 aromatic rings. The van der Waals surface area contributed by atoms with E-state index in [0.717, 1.165) is 48.7 Å². The van der Waals surface area contributed by atoms with E-state index in [1.165, 1.54) is 18.5 Å². The minimum atomic E-state index is 0.636. The first-order valence-electron chi connectivity index (χ1n) is 7.72. The molecule has 1 aromatic heterocycles. The van der Waals surface area contributed by atoms with E-state index in [-0.39, 0.29) is 0 Å². The third kappa shape index (κ3) is 3.92. The van der Waals surface area contributed by atoms with Crippen LogP contribution in [0.1, 0.15) is 51.0 Å². The van der Waals surface area contributed by atoms with Crippen LogP contribution >= 0.6 is 15.9 Å². The quantitative estimate of drug-likeness (QED) is 0.787. The van der Waals surface area contributed by atoms with Crippen molar-refractivity contribution in [2.45, 2.75) is 46.0 Å². The number of anilines is 1. The van der Waals surface area contributed by atoms with Crippen molar-refractivity contribution in [2.24, 2.45) is 0 Å². The van der Waals surface area contributed by atoms with Crippen molar-refractivity contribution in [3.05, 3.63) is 16.0 Å². The number of nitrogens with one attached hydrogen (secondary N) is 1. The SMILES string of the molecule is CCNc1nc(CCN(CC)CC)nc(C2CC2)c1Br. The second-order valence-corrected chi connectivity index (χ2v) is 6.06. The second-order valence-electron chi connectivity index (χ2n) is 5.27. The first kappa shape index (κ1) is 15.7. The molecule has 0 aromatic carbocycles. The van der Waals surface area contributed by atoms with Crippen LogP contribution in [-0.4, -0.2) is 41.0 Å². The minimum Gasteiger partial charge on any atom is -0.369 e. The Morgan fingerprint density at radius 1 is 1.20 bits per heavy atom. The van der Waals surface area contributed by atoms with Gasteiger partial charge in [-0.1, -0.05) is 13.8 Å². The Balaban J connectivity index is 2.15. The van der Waals surface area contributed by atoms with Crippen LogP contribution in [0.5, 0.6) is 0 Å². The van der Waals surface area contributed by atoms with Crippen molar-refractivity contribution in [3.63, 3.8) is 0 Å². The zero-order valence-corrected chi connectivity index (χ0v) is 14.3. The predicted molar refractivity (Wildman–Crippen MR) is 87.4 cm³/mol. The highest BCUT2D eigenvalue weighted by atomic mass is 79.9. The minimum absolute atomic E-state index is 0.636. The molecule has 0 saturated heterocycles. The van der Waals surface area contributed by atoms with E-state index in [1.54, 1.807) is 0 Å². The lowest BCUT2D eigenvalue weighted by Crippen LogP contribution is -2.26. The molecule has 0 spiro atoms. The third-order valence-electron chi connectivity index (χ3n) is 3.78. The van der Waals surface area contributed by atoms with Gasteiger partial charge in [0.2, 0.25) is 0 Å². The highest BCUT2D eigenvalue weighted by molar-refractivity contribution is 9.10. The van der Waals surface area contributed by atoms with Gasteiger partial charge in [0, 0.05) is 25.4 Å². The number of nitrogens with zero attached hydrogens (tertiary/aromatic N) is 3. The molecular formula is C15H25BrN4. The molecule has 1 fully saturated rings. The summed E-state index contributed by atoms with van der Waals surface area (Å²) >= 11 is 3.67. The number of rotatable bonds is 8. The molecule has 0 bridgehead atoms. The van der Waals surface area contributed by atoms with E-state index in [2.05, 4.69) is 51.9 Å². The van der Waals surface area contributed by atoms with Crippen LogP contribution in [0.4, 0.5) is 5.82 Å². The normalized spacial score (nSPS) is 14.8. The molecule has 1 aliphatic rings. The topological polar surface area (TPSA) is 41.1 Å². The zero-order valence-electron chi connectivity index (χ0n) is 12.7. The second kappa shape index (κ2) is 7.36. The fraction of sp³-hybridized carbons (Fsp3) is 0.733. The van der Waals surface area contributed by atoms with E-state index < -0.39 is 0 Å². The van der Waals surface area contributed by atoms with Crippen LogP contribution in [0.15, 0.2) is 4.47 Å². The van der Waals surface area contributed by atoms with Crippen LogP contribution < -0.4 is 5.32 Å². The molecule has 0 unspecified atom stereocenters. The highest BCUT2D eigenvalue weighted by Crippen LogP contribution is 2.43. The van der Waals surface area contributed by atoms with Gasteiger partial charge in [0.25, 0.3) is 0 Å². The van der Waals surface area contributed by atoms with Crippen molar-refractivity contribution in [2.75, 3.05) is 31.5 Å². The Kier molecular flexibility index (Phi) is 5.78. The predicted octanol–water partition coefficient (Wildman–Crippen LogP) is 3.43. The maximum atomic E-state index is 4.79. The molecule has 2 rings (SSSR count). The van der Waals surface area contributed by atoms with Crippen LogP contribution in [0.3, 0.4) is 0 Å². The number of halogens is 1. The van der Waals surface area contributed by atoms with E-state index in [1.807, 2.05) is 0 Å². The van der Waals surface area contributed by atoms with Crippen molar-refractivity contribution in [1.29, 1.82) is 0 Å². The van der Waals surface area contributed by atoms with Gasteiger partial charge in [-0.25, -0.2) is 9.97 Å². The molecule has 112 valence electrons. The van der Waals surface area contributed by atoms with Gasteiger partial charge < -0.3 is 10.2 Å². The Morgan fingerprint density at radius 3 is 2.45 bits per heavy atom. The van der Waals surface area contributed by atoms with Crippen LogP contribution in [0.2, 0.25) is 0 Å². The van der Waals surface area contributed by atoms with Gasteiger partial charge in [0.15, 0.2) is 0 Å². The van der Waals surface area contributed by atoms with Crippen LogP contribution in [0.25, 0.3) is 0 Å². The lowest BCUT2D eigenvalue weighted by Gasteiger charge is -2.18. The number of hydrogen-bond acceptors (Lipinski definition) is 4. The zero-order chi connectivity index (χ0) is 14.5. The fourth-order valence-corrected chi connectivity index (χ4v) is 2.98. The molecule has 0 atom stereocenters. The third-order valence-corrected chi connectivity index (χ3v) is 4.56. The molecule has 1 heterocycles. The summed E-state index contributed by atoms with van der Waals surface area (Å²) in [5.74, 6) is 2.56. The van der Waals surface area contributed by atoms with E-state index in [9.17, 15) is 0 Å². The molecule has 20 heavy (non-hydrogen) atoms. The summed E-state index contributed by atoms with van der Waals surface area (Å²) < 4.78 is 1.06. The fourth-order valence-electron chi connectivity index (χ4n) is 2.33. The van der Waals surface area contributed by atoms with Crippen LogP contribution in [0, 0.1) is 0 Å². The average Bonchev–Trinajstić information content (AvgIpc) is 3.27. The lowest BCUT2D eigenvalue weighted by molar-refractivity contribution is 0.305. The summed E-state index contributed by atoms with van der Waals surface area (Å²) in [7, 11) is 0. The maximum absolute atomic E-state index is 4.79. The molecule has 4 nitrogen and oxygen atoms in total. The lowest BCUT2D eigenvalue weighted by atomic mass is 10.2. The van der Waals surface area contributed by atoms with E-state index >= 15 is 0 Å². The monoisotopic (exact) mass is 340 g/mol. The Morgan fingerprint density at radius 2 is 1.90 bits per heavy atom. The molecule has 0 radical (unpaired) electrons. The van der Waals surface area contributed by atoms with E-state index in [0.29, 0.717) is 5.92 Å².